The van der Waals surface area contributed by atoms with E-state index in [1.165, 1.54) is 18.2 Å². The number of benzene rings is 1. The van der Waals surface area contributed by atoms with Crippen LogP contribution in [0.1, 0.15) is 6.42 Å². The van der Waals surface area contributed by atoms with E-state index in [9.17, 15) is 23.7 Å². The summed E-state index contributed by atoms with van der Waals surface area (Å²) in [7, 11) is -3.06. The zero-order valence-electron chi connectivity index (χ0n) is 10.9. The third-order valence-corrected chi connectivity index (χ3v) is 5.18. The fraction of sp³-hybridized carbons (Fsp3) is 0.231. The van der Waals surface area contributed by atoms with Crippen molar-refractivity contribution in [2.24, 2.45) is 0 Å². The number of nitrogens with zero attached hydrogens (tertiary/aromatic N) is 1. The molecule has 8 heteroatoms. The van der Waals surface area contributed by atoms with Crippen LogP contribution in [0.4, 0.5) is 10.3 Å². The van der Waals surface area contributed by atoms with E-state index in [-0.39, 0.29) is 29.5 Å². The summed E-state index contributed by atoms with van der Waals surface area (Å²) in [5.41, 5.74) is 0.240. The molecule has 3 rings (SSSR count). The summed E-state index contributed by atoms with van der Waals surface area (Å²) >= 11 is 0. The van der Waals surface area contributed by atoms with Crippen LogP contribution in [-0.4, -0.2) is 31.6 Å². The lowest BCUT2D eigenvalue weighted by atomic mass is 10.1. The van der Waals surface area contributed by atoms with Crippen molar-refractivity contribution in [1.29, 1.82) is 0 Å². The van der Waals surface area contributed by atoms with Gasteiger partial charge in [0.15, 0.2) is 5.76 Å². The molecule has 1 fully saturated rings. The Hall–Kier alpha value is -1.90. The molecule has 0 bridgehead atoms. The Labute approximate surface area is 121 Å². The number of hydrogen-bond acceptors (Lipinski definition) is 6. The second-order valence-electron chi connectivity index (χ2n) is 4.74. The summed E-state index contributed by atoms with van der Waals surface area (Å²) in [6.45, 7) is 0.283. The maximum absolute atomic E-state index is 13.2. The molecule has 1 aromatic carbocycles. The van der Waals surface area contributed by atoms with E-state index in [0.29, 0.717) is 6.42 Å². The summed E-state index contributed by atoms with van der Waals surface area (Å²) < 4.78 is 39.5. The molecule has 21 heavy (non-hydrogen) atoms. The highest BCUT2D eigenvalue weighted by Crippen LogP contribution is 2.57. The van der Waals surface area contributed by atoms with Crippen LogP contribution >= 0.6 is 10.8 Å². The molecule has 2 heterocycles. The molecule has 0 radical (unpaired) electrons. The van der Waals surface area contributed by atoms with Gasteiger partial charge in [0.05, 0.1) is 5.75 Å². The summed E-state index contributed by atoms with van der Waals surface area (Å²) in [6, 6.07) is 5.32. The summed E-state index contributed by atoms with van der Waals surface area (Å²) in [5.74, 6) is -1.83. The summed E-state index contributed by atoms with van der Waals surface area (Å²) in [6.07, 6.45) is 0.526. The fourth-order valence-corrected chi connectivity index (χ4v) is 3.84. The van der Waals surface area contributed by atoms with Crippen molar-refractivity contribution in [1.82, 2.24) is 0 Å². The number of hydrogen-bond donors (Lipinski definition) is 4. The molecule has 114 valence electrons. The van der Waals surface area contributed by atoms with Crippen molar-refractivity contribution in [2.45, 2.75) is 6.42 Å². The van der Waals surface area contributed by atoms with E-state index in [1.54, 1.807) is 0 Å². The SMILES string of the molecule is Oc1c(-c2cccc(F)c2)oc(N2CCCS2(O)O)c1O. The zero-order chi connectivity index (χ0) is 15.2. The van der Waals surface area contributed by atoms with Gasteiger partial charge in [-0.1, -0.05) is 12.1 Å². The number of anilines is 1. The first kappa shape index (κ1) is 14.1. The first-order valence-electron chi connectivity index (χ1n) is 6.24. The van der Waals surface area contributed by atoms with E-state index < -0.39 is 28.1 Å². The van der Waals surface area contributed by atoms with E-state index in [4.69, 9.17) is 4.42 Å². The zero-order valence-corrected chi connectivity index (χ0v) is 11.7. The number of halogens is 1. The highest BCUT2D eigenvalue weighted by atomic mass is 32.3. The standard InChI is InChI=1S/C13H14FNO5S/c14-9-4-1-3-8(7-9)12-10(16)11(17)13(20-12)15-5-2-6-21(15,18)19/h1,3-4,7,16-19H,2,5-6H2. The van der Waals surface area contributed by atoms with Crippen molar-refractivity contribution in [2.75, 3.05) is 16.6 Å². The van der Waals surface area contributed by atoms with Gasteiger partial charge < -0.3 is 14.6 Å². The smallest absolute Gasteiger partial charge is 0.261 e. The van der Waals surface area contributed by atoms with Crippen molar-refractivity contribution in [3.05, 3.63) is 30.1 Å². The normalized spacial score (nSPS) is 18.9. The summed E-state index contributed by atoms with van der Waals surface area (Å²) in [5, 5.41) is 19.9. The van der Waals surface area contributed by atoms with E-state index in [2.05, 4.69) is 0 Å². The maximum Gasteiger partial charge on any atom is 0.261 e. The van der Waals surface area contributed by atoms with Gasteiger partial charge in [0.1, 0.15) is 5.82 Å². The Morgan fingerprint density at radius 1 is 1.19 bits per heavy atom. The minimum absolute atomic E-state index is 0.121. The average molecular weight is 315 g/mol. The van der Waals surface area contributed by atoms with Gasteiger partial charge in [-0.15, -0.1) is 10.8 Å². The Balaban J connectivity index is 2.08. The van der Waals surface area contributed by atoms with Crippen LogP contribution < -0.4 is 4.31 Å². The van der Waals surface area contributed by atoms with Crippen LogP contribution in [0.3, 0.4) is 0 Å². The first-order chi connectivity index (χ1) is 9.90. The number of rotatable bonds is 2. The van der Waals surface area contributed by atoms with Crippen molar-refractivity contribution in [3.8, 4) is 22.8 Å². The Kier molecular flexibility index (Phi) is 3.23. The third kappa shape index (κ3) is 2.31. The van der Waals surface area contributed by atoms with Crippen LogP contribution in [0.5, 0.6) is 11.5 Å². The first-order valence-corrected chi connectivity index (χ1v) is 7.91. The van der Waals surface area contributed by atoms with Crippen molar-refractivity contribution < 1.29 is 28.1 Å². The highest BCUT2D eigenvalue weighted by Gasteiger charge is 2.36. The molecule has 2 aromatic rings. The fourth-order valence-electron chi connectivity index (χ4n) is 2.29. The number of furan rings is 1. The van der Waals surface area contributed by atoms with Gasteiger partial charge in [0.25, 0.3) is 5.88 Å². The molecule has 1 saturated heterocycles. The van der Waals surface area contributed by atoms with E-state index >= 15 is 0 Å². The predicted octanol–water partition coefficient (Wildman–Crippen LogP) is 3.37. The molecule has 0 atom stereocenters. The van der Waals surface area contributed by atoms with Gasteiger partial charge >= 0.3 is 0 Å². The Morgan fingerprint density at radius 2 is 1.95 bits per heavy atom. The van der Waals surface area contributed by atoms with Gasteiger partial charge in [-0.2, -0.15) is 0 Å². The molecule has 0 saturated carbocycles. The third-order valence-electron chi connectivity index (χ3n) is 3.29. The van der Waals surface area contributed by atoms with Gasteiger partial charge in [0, 0.05) is 12.1 Å². The molecule has 0 unspecified atom stereocenters. The van der Waals surface area contributed by atoms with Crippen LogP contribution in [-0.2, 0) is 0 Å². The molecule has 0 spiro atoms. The minimum Gasteiger partial charge on any atom is -0.502 e. The van der Waals surface area contributed by atoms with Crippen LogP contribution in [0, 0.1) is 5.82 Å². The van der Waals surface area contributed by atoms with Gasteiger partial charge in [-0.05, 0) is 18.6 Å². The lowest BCUT2D eigenvalue weighted by Gasteiger charge is -2.35. The van der Waals surface area contributed by atoms with Crippen LogP contribution in [0.15, 0.2) is 28.7 Å². The molecule has 0 amide bonds. The largest absolute Gasteiger partial charge is 0.502 e. The maximum atomic E-state index is 13.2. The average Bonchev–Trinajstić information content (AvgIpc) is 2.91. The molecular formula is C13H14FNO5S. The van der Waals surface area contributed by atoms with Gasteiger partial charge in [-0.3, -0.25) is 9.11 Å². The minimum atomic E-state index is -3.06. The Morgan fingerprint density at radius 3 is 2.57 bits per heavy atom. The lowest BCUT2D eigenvalue weighted by Crippen LogP contribution is -2.21. The van der Waals surface area contributed by atoms with Gasteiger partial charge in [0.2, 0.25) is 11.5 Å². The molecule has 4 N–H and O–H groups in total. The van der Waals surface area contributed by atoms with E-state index in [1.807, 2.05) is 0 Å². The van der Waals surface area contributed by atoms with E-state index in [0.717, 1.165) is 10.4 Å². The second-order valence-corrected chi connectivity index (χ2v) is 6.85. The van der Waals surface area contributed by atoms with Crippen LogP contribution in [0.25, 0.3) is 11.3 Å². The van der Waals surface area contributed by atoms with Crippen molar-refractivity contribution in [3.63, 3.8) is 0 Å². The quantitative estimate of drug-likeness (QED) is 0.678. The molecule has 0 aliphatic carbocycles. The Bertz CT molecular complexity index is 687. The highest BCUT2D eigenvalue weighted by molar-refractivity contribution is 8.25. The van der Waals surface area contributed by atoms with Crippen molar-refractivity contribution >= 4 is 16.7 Å². The molecule has 1 aliphatic heterocycles. The molecule has 1 aliphatic rings. The number of aromatic hydroxyl groups is 2. The second kappa shape index (κ2) is 4.83. The van der Waals surface area contributed by atoms with Crippen LogP contribution in [0.2, 0.25) is 0 Å². The topological polar surface area (TPSA) is 97.3 Å². The molecule has 6 nitrogen and oxygen atoms in total. The lowest BCUT2D eigenvalue weighted by molar-refractivity contribution is 0.409. The molecule has 1 aromatic heterocycles. The predicted molar refractivity (Wildman–Crippen MR) is 77.1 cm³/mol. The van der Waals surface area contributed by atoms with Gasteiger partial charge in [-0.25, -0.2) is 8.70 Å². The monoisotopic (exact) mass is 315 g/mol. The molecular weight excluding hydrogens is 301 g/mol. The summed E-state index contributed by atoms with van der Waals surface area (Å²) in [4.78, 5) is 0.